The molecule has 0 unspecified atom stereocenters. The van der Waals surface area contributed by atoms with Gasteiger partial charge in [0.05, 0.1) is 11.9 Å². The maximum atomic E-state index is 5.34. The van der Waals surface area contributed by atoms with Crippen LogP contribution < -0.4 is 0 Å². The van der Waals surface area contributed by atoms with Crippen molar-refractivity contribution in [2.45, 2.75) is 19.1 Å². The van der Waals surface area contributed by atoms with E-state index in [0.717, 1.165) is 23.8 Å². The van der Waals surface area contributed by atoms with Crippen LogP contribution in [0.4, 0.5) is 0 Å². The van der Waals surface area contributed by atoms with Gasteiger partial charge in [-0.25, -0.2) is 4.98 Å². The molecule has 56 valence electrons. The first-order valence-corrected chi connectivity index (χ1v) is 4.68. The van der Waals surface area contributed by atoms with E-state index in [4.69, 9.17) is 4.42 Å². The van der Waals surface area contributed by atoms with Crippen molar-refractivity contribution in [2.24, 2.45) is 0 Å². The Balaban J connectivity index is 2.59. The largest absolute Gasteiger partial charge is 0.445 e. The highest BCUT2D eigenvalue weighted by Gasteiger charge is 1.99. The van der Waals surface area contributed by atoms with Gasteiger partial charge in [-0.3, -0.25) is 0 Å². The third kappa shape index (κ3) is 1.77. The number of thioether (sulfide) groups is 1. The van der Waals surface area contributed by atoms with Crippen LogP contribution in [0.15, 0.2) is 10.6 Å². The first-order valence-electron chi connectivity index (χ1n) is 3.29. The molecule has 0 amide bonds. The molecule has 0 fully saturated rings. The normalized spacial score (nSPS) is 10.2. The van der Waals surface area contributed by atoms with Crippen molar-refractivity contribution < 1.29 is 4.42 Å². The van der Waals surface area contributed by atoms with E-state index in [2.05, 4.69) is 11.9 Å². The van der Waals surface area contributed by atoms with E-state index in [1.807, 2.05) is 6.26 Å². The van der Waals surface area contributed by atoms with Crippen LogP contribution in [-0.2, 0) is 12.2 Å². The van der Waals surface area contributed by atoms with Gasteiger partial charge in [-0.05, 0) is 6.26 Å². The summed E-state index contributed by atoms with van der Waals surface area (Å²) in [5.41, 5.74) is 0. The summed E-state index contributed by atoms with van der Waals surface area (Å²) in [6, 6.07) is 0. The third-order valence-corrected chi connectivity index (χ3v) is 1.75. The Hall–Kier alpha value is -0.440. The summed E-state index contributed by atoms with van der Waals surface area (Å²) in [5, 5.41) is 0. The predicted octanol–water partition coefficient (Wildman–Crippen LogP) is 2.10. The van der Waals surface area contributed by atoms with E-state index in [1.165, 1.54) is 0 Å². The van der Waals surface area contributed by atoms with Gasteiger partial charge in [-0.15, -0.1) is 0 Å². The first-order chi connectivity index (χ1) is 4.86. The van der Waals surface area contributed by atoms with Gasteiger partial charge in [0.25, 0.3) is 0 Å². The average Bonchev–Trinajstić information content (AvgIpc) is 2.37. The minimum absolute atomic E-state index is 0.837. The van der Waals surface area contributed by atoms with Crippen LogP contribution in [0.25, 0.3) is 0 Å². The molecular weight excluding hydrogens is 146 g/mol. The molecule has 1 rings (SSSR count). The number of hydrogen-bond acceptors (Lipinski definition) is 3. The summed E-state index contributed by atoms with van der Waals surface area (Å²) in [4.78, 5) is 4.09. The molecule has 1 aromatic rings. The zero-order valence-electron chi connectivity index (χ0n) is 6.26. The molecule has 3 heteroatoms. The van der Waals surface area contributed by atoms with E-state index in [1.54, 1.807) is 18.0 Å². The molecule has 1 aromatic heterocycles. The molecule has 1 heterocycles. The minimum Gasteiger partial charge on any atom is -0.445 e. The van der Waals surface area contributed by atoms with Crippen LogP contribution in [0.2, 0.25) is 0 Å². The molecule has 0 aliphatic rings. The fraction of sp³-hybridized carbons (Fsp3) is 0.571. The summed E-state index contributed by atoms with van der Waals surface area (Å²) >= 11 is 1.72. The lowest BCUT2D eigenvalue weighted by Gasteiger charge is -1.87. The van der Waals surface area contributed by atoms with Gasteiger partial charge in [0.15, 0.2) is 0 Å². The van der Waals surface area contributed by atoms with Crippen molar-refractivity contribution in [2.75, 3.05) is 6.26 Å². The van der Waals surface area contributed by atoms with Crippen LogP contribution in [0.3, 0.4) is 0 Å². The zero-order chi connectivity index (χ0) is 7.40. The van der Waals surface area contributed by atoms with Crippen molar-refractivity contribution in [1.82, 2.24) is 4.98 Å². The van der Waals surface area contributed by atoms with Crippen LogP contribution >= 0.6 is 11.8 Å². The summed E-state index contributed by atoms with van der Waals surface area (Å²) < 4.78 is 5.34. The van der Waals surface area contributed by atoms with Crippen molar-refractivity contribution in [3.8, 4) is 0 Å². The van der Waals surface area contributed by atoms with E-state index < -0.39 is 0 Å². The van der Waals surface area contributed by atoms with Crippen LogP contribution in [0.5, 0.6) is 0 Å². The summed E-state index contributed by atoms with van der Waals surface area (Å²) in [7, 11) is 0. The highest BCUT2D eigenvalue weighted by molar-refractivity contribution is 7.97. The van der Waals surface area contributed by atoms with Gasteiger partial charge in [-0.2, -0.15) is 11.8 Å². The molecule has 0 N–H and O–H groups in total. The lowest BCUT2D eigenvalue weighted by Crippen LogP contribution is -1.75. The summed E-state index contributed by atoms with van der Waals surface area (Å²) in [6.45, 7) is 2.06. The summed E-state index contributed by atoms with van der Waals surface area (Å²) in [6.07, 6.45) is 4.77. The SMILES string of the molecule is CCc1cnc(CSC)o1. The molecule has 0 atom stereocenters. The van der Waals surface area contributed by atoms with Crippen molar-refractivity contribution in [1.29, 1.82) is 0 Å². The molecule has 0 saturated heterocycles. The zero-order valence-corrected chi connectivity index (χ0v) is 7.07. The van der Waals surface area contributed by atoms with E-state index in [-0.39, 0.29) is 0 Å². The number of rotatable bonds is 3. The van der Waals surface area contributed by atoms with Gasteiger partial charge in [0.1, 0.15) is 5.76 Å². The molecule has 0 saturated carbocycles. The number of oxazole rings is 1. The van der Waals surface area contributed by atoms with E-state index >= 15 is 0 Å². The van der Waals surface area contributed by atoms with Crippen LogP contribution in [0, 0.1) is 0 Å². The lowest BCUT2D eigenvalue weighted by atomic mass is 10.4. The molecule has 0 aliphatic heterocycles. The first kappa shape index (κ1) is 7.66. The van der Waals surface area contributed by atoms with Gasteiger partial charge >= 0.3 is 0 Å². The Kier molecular flexibility index (Phi) is 2.81. The van der Waals surface area contributed by atoms with Gasteiger partial charge < -0.3 is 4.42 Å². The molecule has 0 aliphatic carbocycles. The molecule has 0 spiro atoms. The number of aryl methyl sites for hydroxylation is 1. The van der Waals surface area contributed by atoms with E-state index in [0.29, 0.717) is 0 Å². The van der Waals surface area contributed by atoms with E-state index in [9.17, 15) is 0 Å². The third-order valence-electron chi connectivity index (χ3n) is 1.22. The Morgan fingerprint density at radius 3 is 3.00 bits per heavy atom. The molecular formula is C7H11NOS. The van der Waals surface area contributed by atoms with Crippen molar-refractivity contribution in [3.63, 3.8) is 0 Å². The average molecular weight is 157 g/mol. The lowest BCUT2D eigenvalue weighted by molar-refractivity contribution is 0.476. The second-order valence-electron chi connectivity index (χ2n) is 2.01. The maximum absolute atomic E-state index is 5.34. The number of aromatic nitrogens is 1. The second kappa shape index (κ2) is 3.66. The Morgan fingerprint density at radius 1 is 1.70 bits per heavy atom. The van der Waals surface area contributed by atoms with Crippen LogP contribution in [-0.4, -0.2) is 11.2 Å². The van der Waals surface area contributed by atoms with Gasteiger partial charge in [-0.1, -0.05) is 6.92 Å². The monoisotopic (exact) mass is 157 g/mol. The fourth-order valence-electron chi connectivity index (χ4n) is 0.702. The minimum atomic E-state index is 0.837. The molecule has 2 nitrogen and oxygen atoms in total. The Morgan fingerprint density at radius 2 is 2.50 bits per heavy atom. The summed E-state index contributed by atoms with van der Waals surface area (Å²) in [5.74, 6) is 2.69. The molecule has 0 aromatic carbocycles. The number of hydrogen-bond donors (Lipinski definition) is 0. The highest BCUT2D eigenvalue weighted by atomic mass is 32.2. The van der Waals surface area contributed by atoms with Gasteiger partial charge in [0.2, 0.25) is 5.89 Å². The smallest absolute Gasteiger partial charge is 0.204 e. The predicted molar refractivity (Wildman–Crippen MR) is 43.1 cm³/mol. The topological polar surface area (TPSA) is 26.0 Å². The Bertz CT molecular complexity index is 197. The van der Waals surface area contributed by atoms with Crippen molar-refractivity contribution in [3.05, 3.63) is 17.8 Å². The maximum Gasteiger partial charge on any atom is 0.204 e. The fourth-order valence-corrected chi connectivity index (χ4v) is 1.08. The standard InChI is InChI=1S/C7H11NOS/c1-3-6-4-8-7(9-6)5-10-2/h4H,3,5H2,1-2H3. The Labute approximate surface area is 65.0 Å². The highest BCUT2D eigenvalue weighted by Crippen LogP contribution is 2.09. The number of nitrogens with zero attached hydrogens (tertiary/aromatic N) is 1. The van der Waals surface area contributed by atoms with Crippen LogP contribution in [0.1, 0.15) is 18.6 Å². The van der Waals surface area contributed by atoms with Crippen molar-refractivity contribution >= 4 is 11.8 Å². The molecule has 0 bridgehead atoms. The quantitative estimate of drug-likeness (QED) is 0.672. The molecule has 10 heavy (non-hydrogen) atoms. The van der Waals surface area contributed by atoms with Gasteiger partial charge in [0, 0.05) is 6.42 Å². The molecule has 0 radical (unpaired) electrons. The second-order valence-corrected chi connectivity index (χ2v) is 2.87.